The molecular formula is C15H15F3N4OS2. The summed E-state index contributed by atoms with van der Waals surface area (Å²) in [6.07, 6.45) is -2.44. The van der Waals surface area contributed by atoms with Crippen LogP contribution >= 0.6 is 23.1 Å². The molecule has 2 aromatic rings. The van der Waals surface area contributed by atoms with Crippen LogP contribution in [0.4, 0.5) is 24.0 Å². The molecule has 3 rings (SSSR count). The van der Waals surface area contributed by atoms with Crippen molar-refractivity contribution in [3.05, 3.63) is 29.8 Å². The quantitative estimate of drug-likeness (QED) is 0.731. The molecule has 134 valence electrons. The molecule has 0 spiro atoms. The van der Waals surface area contributed by atoms with Crippen LogP contribution in [-0.4, -0.2) is 27.4 Å². The molecule has 1 aromatic carbocycles. The van der Waals surface area contributed by atoms with Gasteiger partial charge in [0.05, 0.1) is 16.5 Å². The molecule has 5 nitrogen and oxygen atoms in total. The fraction of sp³-hybridized carbons (Fsp3) is 0.400. The topological polar surface area (TPSA) is 66.9 Å². The largest absolute Gasteiger partial charge is 0.418 e. The molecule has 1 aliphatic rings. The number of hydrogen-bond donors (Lipinski definition) is 2. The van der Waals surface area contributed by atoms with Crippen LogP contribution in [0.3, 0.4) is 0 Å². The van der Waals surface area contributed by atoms with Crippen LogP contribution in [0.1, 0.15) is 25.3 Å². The van der Waals surface area contributed by atoms with Crippen LogP contribution in [0.15, 0.2) is 28.6 Å². The maximum absolute atomic E-state index is 13.0. The van der Waals surface area contributed by atoms with Gasteiger partial charge in [0.2, 0.25) is 11.0 Å². The smallest absolute Gasteiger partial charge is 0.352 e. The fourth-order valence-corrected chi connectivity index (χ4v) is 3.93. The highest BCUT2D eigenvalue weighted by Crippen LogP contribution is 2.37. The molecule has 10 heteroatoms. The highest BCUT2D eigenvalue weighted by Gasteiger charge is 2.33. The Kier molecular flexibility index (Phi) is 5.19. The van der Waals surface area contributed by atoms with Gasteiger partial charge in [0.15, 0.2) is 4.34 Å². The number of benzene rings is 1. The number of amides is 1. The maximum atomic E-state index is 13.0. The number of halogens is 3. The first-order valence-corrected chi connectivity index (χ1v) is 9.26. The standard InChI is InChI=1S/C15H15F3N4OS2/c1-8(12(23)19-9-6-7-9)24-14-22-21-13(25-14)20-11-5-3-2-4-10(11)15(16,17)18/h2-5,8-9H,6-7H2,1H3,(H,19,23)(H,20,21)/t8-/m0/s1. The van der Waals surface area contributed by atoms with E-state index in [-0.39, 0.29) is 28.0 Å². The molecule has 1 amide bonds. The van der Waals surface area contributed by atoms with E-state index >= 15 is 0 Å². The number of hydrogen-bond acceptors (Lipinski definition) is 6. The monoisotopic (exact) mass is 388 g/mol. The van der Waals surface area contributed by atoms with Gasteiger partial charge in [0.1, 0.15) is 0 Å². The van der Waals surface area contributed by atoms with Gasteiger partial charge in [-0.1, -0.05) is 35.2 Å². The molecule has 1 fully saturated rings. The normalized spacial score (nSPS) is 15.7. The van der Waals surface area contributed by atoms with Gasteiger partial charge in [-0.15, -0.1) is 10.2 Å². The number of thioether (sulfide) groups is 1. The number of carbonyl (C=O) groups is 1. The zero-order valence-corrected chi connectivity index (χ0v) is 14.8. The number of aromatic nitrogens is 2. The summed E-state index contributed by atoms with van der Waals surface area (Å²) in [5, 5.41) is 13.2. The van der Waals surface area contributed by atoms with E-state index in [2.05, 4.69) is 20.8 Å². The summed E-state index contributed by atoms with van der Waals surface area (Å²) in [5.41, 5.74) is -0.848. The second-order valence-corrected chi connectivity index (χ2v) is 8.15. The molecule has 1 aliphatic carbocycles. The Morgan fingerprint density at radius 1 is 1.32 bits per heavy atom. The third kappa shape index (κ3) is 4.85. The number of nitrogens with zero attached hydrogens (tertiary/aromatic N) is 2. The lowest BCUT2D eigenvalue weighted by Crippen LogP contribution is -2.32. The van der Waals surface area contributed by atoms with Gasteiger partial charge in [0.25, 0.3) is 0 Å². The molecule has 0 radical (unpaired) electrons. The number of rotatable bonds is 6. The summed E-state index contributed by atoms with van der Waals surface area (Å²) < 4.78 is 39.5. The van der Waals surface area contributed by atoms with Crippen LogP contribution in [0.2, 0.25) is 0 Å². The van der Waals surface area contributed by atoms with Crippen LogP contribution in [-0.2, 0) is 11.0 Å². The van der Waals surface area contributed by atoms with Crippen molar-refractivity contribution in [3.8, 4) is 0 Å². The van der Waals surface area contributed by atoms with Crippen molar-refractivity contribution in [2.24, 2.45) is 0 Å². The molecule has 25 heavy (non-hydrogen) atoms. The zero-order chi connectivity index (χ0) is 18.0. The minimum atomic E-state index is -4.46. The molecular weight excluding hydrogens is 373 g/mol. The van der Waals surface area contributed by atoms with Crippen LogP contribution < -0.4 is 10.6 Å². The number of para-hydroxylation sites is 1. The average Bonchev–Trinajstić information content (AvgIpc) is 3.25. The highest BCUT2D eigenvalue weighted by atomic mass is 32.2. The van der Waals surface area contributed by atoms with Crippen LogP contribution in [0.5, 0.6) is 0 Å². The van der Waals surface area contributed by atoms with Crippen molar-refractivity contribution in [2.75, 3.05) is 5.32 Å². The SMILES string of the molecule is C[C@H](Sc1nnc(Nc2ccccc2C(F)(F)F)s1)C(=O)NC1CC1. The van der Waals surface area contributed by atoms with E-state index < -0.39 is 11.7 Å². The number of alkyl halides is 3. The Balaban J connectivity index is 1.65. The molecule has 0 aliphatic heterocycles. The maximum Gasteiger partial charge on any atom is 0.418 e. The van der Waals surface area contributed by atoms with E-state index in [1.807, 2.05) is 0 Å². The number of anilines is 2. The Morgan fingerprint density at radius 2 is 2.04 bits per heavy atom. The van der Waals surface area contributed by atoms with Crippen molar-refractivity contribution >= 4 is 39.8 Å². The summed E-state index contributed by atoms with van der Waals surface area (Å²) in [5.74, 6) is -0.0698. The molecule has 1 saturated carbocycles. The summed E-state index contributed by atoms with van der Waals surface area (Å²) in [4.78, 5) is 11.9. The first kappa shape index (κ1) is 18.0. The van der Waals surface area contributed by atoms with Gasteiger partial charge in [-0.25, -0.2) is 0 Å². The van der Waals surface area contributed by atoms with Crippen molar-refractivity contribution in [2.45, 2.75) is 41.6 Å². The Bertz CT molecular complexity index is 761. The predicted octanol–water partition coefficient (Wildman–Crippen LogP) is 4.06. The molecule has 0 saturated heterocycles. The second kappa shape index (κ2) is 7.20. The minimum absolute atomic E-state index is 0.0698. The lowest BCUT2D eigenvalue weighted by atomic mass is 10.2. The summed E-state index contributed by atoms with van der Waals surface area (Å²) in [6.45, 7) is 1.76. The van der Waals surface area contributed by atoms with Crippen molar-refractivity contribution in [3.63, 3.8) is 0 Å². The van der Waals surface area contributed by atoms with Crippen LogP contribution in [0, 0.1) is 0 Å². The number of nitrogens with one attached hydrogen (secondary N) is 2. The van der Waals surface area contributed by atoms with E-state index in [4.69, 9.17) is 0 Å². The highest BCUT2D eigenvalue weighted by molar-refractivity contribution is 8.02. The molecule has 0 unspecified atom stereocenters. The van der Waals surface area contributed by atoms with Crippen LogP contribution in [0.25, 0.3) is 0 Å². The lowest BCUT2D eigenvalue weighted by Gasteiger charge is -2.12. The van der Waals surface area contributed by atoms with E-state index in [1.54, 1.807) is 6.92 Å². The third-order valence-corrected chi connectivity index (χ3v) is 5.47. The summed E-state index contributed by atoms with van der Waals surface area (Å²) in [6, 6.07) is 5.46. The van der Waals surface area contributed by atoms with E-state index in [9.17, 15) is 18.0 Å². The van der Waals surface area contributed by atoms with Crippen molar-refractivity contribution in [1.82, 2.24) is 15.5 Å². The Morgan fingerprint density at radius 3 is 2.72 bits per heavy atom. The molecule has 2 N–H and O–H groups in total. The van der Waals surface area contributed by atoms with Crippen molar-refractivity contribution in [1.29, 1.82) is 0 Å². The fourth-order valence-electron chi connectivity index (χ4n) is 2.01. The summed E-state index contributed by atoms with van der Waals surface area (Å²) in [7, 11) is 0. The molecule has 1 aromatic heterocycles. The first-order chi connectivity index (χ1) is 11.8. The average molecular weight is 388 g/mol. The zero-order valence-electron chi connectivity index (χ0n) is 13.1. The van der Waals surface area contributed by atoms with Crippen molar-refractivity contribution < 1.29 is 18.0 Å². The minimum Gasteiger partial charge on any atom is -0.352 e. The Hall–Kier alpha value is -1.81. The van der Waals surface area contributed by atoms with E-state index in [1.165, 1.54) is 30.0 Å². The molecule has 1 atom stereocenters. The molecule has 1 heterocycles. The van der Waals surface area contributed by atoms with Gasteiger partial charge >= 0.3 is 6.18 Å². The number of carbonyl (C=O) groups excluding carboxylic acids is 1. The predicted molar refractivity (Wildman–Crippen MR) is 91.1 cm³/mol. The van der Waals surface area contributed by atoms with Gasteiger partial charge in [-0.3, -0.25) is 4.79 Å². The van der Waals surface area contributed by atoms with E-state index in [0.717, 1.165) is 30.2 Å². The van der Waals surface area contributed by atoms with E-state index in [0.29, 0.717) is 4.34 Å². The Labute approximate surface area is 150 Å². The first-order valence-electron chi connectivity index (χ1n) is 7.56. The van der Waals surface area contributed by atoms with Gasteiger partial charge in [-0.05, 0) is 31.9 Å². The second-order valence-electron chi connectivity index (χ2n) is 5.58. The van der Waals surface area contributed by atoms with Gasteiger partial charge < -0.3 is 10.6 Å². The molecule has 0 bridgehead atoms. The lowest BCUT2D eigenvalue weighted by molar-refractivity contribution is -0.137. The van der Waals surface area contributed by atoms with Gasteiger partial charge in [-0.2, -0.15) is 13.2 Å². The third-order valence-electron chi connectivity index (χ3n) is 3.45. The van der Waals surface area contributed by atoms with Gasteiger partial charge in [0, 0.05) is 6.04 Å². The summed E-state index contributed by atoms with van der Waals surface area (Å²) >= 11 is 2.34.